The van der Waals surface area contributed by atoms with Crippen molar-refractivity contribution in [3.05, 3.63) is 41.9 Å². The van der Waals surface area contributed by atoms with Gasteiger partial charge in [-0.3, -0.25) is 4.79 Å². The summed E-state index contributed by atoms with van der Waals surface area (Å²) >= 11 is 0. The van der Waals surface area contributed by atoms with E-state index in [1.807, 2.05) is 30.3 Å². The van der Waals surface area contributed by atoms with Crippen LogP contribution in [0.4, 0.5) is 0 Å². The summed E-state index contributed by atoms with van der Waals surface area (Å²) in [6.45, 7) is 0. The van der Waals surface area contributed by atoms with Crippen molar-refractivity contribution in [2.75, 3.05) is 0 Å². The quantitative estimate of drug-likeness (QED) is 0.870. The van der Waals surface area contributed by atoms with Crippen molar-refractivity contribution in [3.63, 3.8) is 0 Å². The van der Waals surface area contributed by atoms with Crippen LogP contribution in [0.25, 0.3) is 11.3 Å². The summed E-state index contributed by atoms with van der Waals surface area (Å²) in [5.74, 6) is 0.716. The zero-order chi connectivity index (χ0) is 14.0. The average Bonchev–Trinajstić information content (AvgIpc) is 2.94. The molecule has 1 saturated carbocycles. The van der Waals surface area contributed by atoms with Gasteiger partial charge in [-0.05, 0) is 12.8 Å². The van der Waals surface area contributed by atoms with Gasteiger partial charge >= 0.3 is 0 Å². The van der Waals surface area contributed by atoms with E-state index in [4.69, 9.17) is 4.42 Å². The second-order valence-electron chi connectivity index (χ2n) is 5.31. The summed E-state index contributed by atoms with van der Waals surface area (Å²) < 4.78 is 5.74. The summed E-state index contributed by atoms with van der Waals surface area (Å²) in [6, 6.07) is 9.38. The van der Waals surface area contributed by atoms with Gasteiger partial charge in [0.25, 0.3) is 0 Å². The van der Waals surface area contributed by atoms with Crippen molar-refractivity contribution >= 4 is 6.29 Å². The van der Waals surface area contributed by atoms with Gasteiger partial charge in [0, 0.05) is 5.56 Å². The molecule has 1 fully saturated rings. The van der Waals surface area contributed by atoms with Crippen molar-refractivity contribution in [1.82, 2.24) is 4.98 Å². The van der Waals surface area contributed by atoms with E-state index in [1.54, 1.807) is 0 Å². The van der Waals surface area contributed by atoms with Gasteiger partial charge in [-0.15, -0.1) is 0 Å². The Morgan fingerprint density at radius 2 is 1.85 bits per heavy atom. The van der Waals surface area contributed by atoms with Crippen LogP contribution in [-0.4, -0.2) is 16.4 Å². The van der Waals surface area contributed by atoms with Gasteiger partial charge in [-0.2, -0.15) is 0 Å². The number of aromatic nitrogens is 1. The van der Waals surface area contributed by atoms with Gasteiger partial charge in [0.15, 0.2) is 12.0 Å². The maximum Gasteiger partial charge on any atom is 0.227 e. The first-order chi connectivity index (χ1) is 9.73. The van der Waals surface area contributed by atoms with Crippen LogP contribution in [0.2, 0.25) is 0 Å². The second-order valence-corrected chi connectivity index (χ2v) is 5.31. The first-order valence-electron chi connectivity index (χ1n) is 6.97. The third-order valence-electron chi connectivity index (χ3n) is 3.88. The lowest BCUT2D eigenvalue weighted by Crippen LogP contribution is -2.28. The van der Waals surface area contributed by atoms with E-state index in [0.717, 1.165) is 24.8 Å². The SMILES string of the molecule is O=Cc1nc(C2(O)CCCCC2)oc1-c1ccccc1. The number of oxazole rings is 1. The molecule has 104 valence electrons. The molecule has 20 heavy (non-hydrogen) atoms. The van der Waals surface area contributed by atoms with Crippen LogP contribution in [0, 0.1) is 0 Å². The summed E-state index contributed by atoms with van der Waals surface area (Å²) in [4.78, 5) is 15.4. The van der Waals surface area contributed by atoms with E-state index >= 15 is 0 Å². The van der Waals surface area contributed by atoms with Crippen molar-refractivity contribution in [3.8, 4) is 11.3 Å². The molecular formula is C16H17NO3. The topological polar surface area (TPSA) is 63.3 Å². The molecule has 0 atom stereocenters. The number of benzene rings is 1. The van der Waals surface area contributed by atoms with Crippen molar-refractivity contribution in [2.45, 2.75) is 37.7 Å². The molecule has 1 aromatic carbocycles. The van der Waals surface area contributed by atoms with Crippen molar-refractivity contribution in [2.24, 2.45) is 0 Å². The zero-order valence-corrected chi connectivity index (χ0v) is 11.2. The molecule has 1 heterocycles. The maximum atomic E-state index is 11.2. The Bertz CT molecular complexity index is 597. The number of rotatable bonds is 3. The number of aliphatic hydroxyl groups is 1. The third kappa shape index (κ3) is 2.27. The normalized spacial score (nSPS) is 17.9. The zero-order valence-electron chi connectivity index (χ0n) is 11.2. The molecule has 1 N–H and O–H groups in total. The van der Waals surface area contributed by atoms with E-state index in [2.05, 4.69) is 4.98 Å². The minimum Gasteiger partial charge on any atom is -0.437 e. The van der Waals surface area contributed by atoms with Gasteiger partial charge in [0.05, 0.1) is 0 Å². The van der Waals surface area contributed by atoms with Crippen LogP contribution in [-0.2, 0) is 5.60 Å². The molecule has 0 bridgehead atoms. The molecule has 1 aliphatic carbocycles. The van der Waals surface area contributed by atoms with Crippen LogP contribution in [0.5, 0.6) is 0 Å². The molecule has 0 spiro atoms. The monoisotopic (exact) mass is 271 g/mol. The predicted molar refractivity (Wildman–Crippen MR) is 74.3 cm³/mol. The molecule has 4 heteroatoms. The molecule has 0 radical (unpaired) electrons. The molecule has 3 rings (SSSR count). The minimum atomic E-state index is -1.02. The lowest BCUT2D eigenvalue weighted by molar-refractivity contribution is -0.0242. The van der Waals surface area contributed by atoms with Gasteiger partial charge in [0.1, 0.15) is 11.3 Å². The van der Waals surface area contributed by atoms with Gasteiger partial charge in [0.2, 0.25) is 5.89 Å². The fourth-order valence-corrected chi connectivity index (χ4v) is 2.76. The number of carbonyl (C=O) groups excluding carboxylic acids is 1. The van der Waals surface area contributed by atoms with Crippen LogP contribution in [0.3, 0.4) is 0 Å². The number of hydrogen-bond acceptors (Lipinski definition) is 4. The van der Waals surface area contributed by atoms with E-state index in [1.165, 1.54) is 0 Å². The third-order valence-corrected chi connectivity index (χ3v) is 3.88. The second kappa shape index (κ2) is 5.21. The molecule has 1 aliphatic rings. The largest absolute Gasteiger partial charge is 0.437 e. The first-order valence-corrected chi connectivity index (χ1v) is 6.97. The smallest absolute Gasteiger partial charge is 0.227 e. The fraction of sp³-hybridized carbons (Fsp3) is 0.375. The van der Waals surface area contributed by atoms with Crippen LogP contribution in [0.1, 0.15) is 48.5 Å². The standard InChI is InChI=1S/C16H17NO3/c18-11-13-14(12-7-3-1-4-8-12)20-15(17-13)16(19)9-5-2-6-10-16/h1,3-4,7-8,11,19H,2,5-6,9-10H2. The molecule has 4 nitrogen and oxygen atoms in total. The van der Waals surface area contributed by atoms with E-state index in [0.29, 0.717) is 24.9 Å². The molecule has 1 aromatic heterocycles. The predicted octanol–water partition coefficient (Wildman–Crippen LogP) is 3.31. The Kier molecular flexibility index (Phi) is 3.40. The Balaban J connectivity index is 2.03. The van der Waals surface area contributed by atoms with Gasteiger partial charge in [-0.25, -0.2) is 4.98 Å². The Labute approximate surface area is 117 Å². The average molecular weight is 271 g/mol. The van der Waals surface area contributed by atoms with Crippen LogP contribution >= 0.6 is 0 Å². The maximum absolute atomic E-state index is 11.2. The number of hydrogen-bond donors (Lipinski definition) is 1. The highest BCUT2D eigenvalue weighted by molar-refractivity contribution is 5.82. The Morgan fingerprint density at radius 3 is 2.50 bits per heavy atom. The van der Waals surface area contributed by atoms with Crippen molar-refractivity contribution in [1.29, 1.82) is 0 Å². The Morgan fingerprint density at radius 1 is 1.15 bits per heavy atom. The lowest BCUT2D eigenvalue weighted by Gasteiger charge is -2.28. The molecule has 0 unspecified atom stereocenters. The fourth-order valence-electron chi connectivity index (χ4n) is 2.76. The lowest BCUT2D eigenvalue weighted by atomic mass is 9.85. The molecular weight excluding hydrogens is 254 g/mol. The van der Waals surface area contributed by atoms with Gasteiger partial charge < -0.3 is 9.52 Å². The van der Waals surface area contributed by atoms with Gasteiger partial charge in [-0.1, -0.05) is 49.6 Å². The number of aldehydes is 1. The Hall–Kier alpha value is -1.94. The number of nitrogens with zero attached hydrogens (tertiary/aromatic N) is 1. The summed E-state index contributed by atoms with van der Waals surface area (Å²) in [5, 5.41) is 10.7. The van der Waals surface area contributed by atoms with E-state index in [9.17, 15) is 9.90 Å². The highest BCUT2D eigenvalue weighted by Crippen LogP contribution is 2.38. The minimum absolute atomic E-state index is 0.255. The molecule has 0 amide bonds. The van der Waals surface area contributed by atoms with E-state index in [-0.39, 0.29) is 11.6 Å². The first kappa shape index (κ1) is 13.1. The van der Waals surface area contributed by atoms with Crippen molar-refractivity contribution < 1.29 is 14.3 Å². The highest BCUT2D eigenvalue weighted by Gasteiger charge is 2.37. The van der Waals surface area contributed by atoms with Crippen LogP contribution in [0.15, 0.2) is 34.7 Å². The summed E-state index contributed by atoms with van der Waals surface area (Å²) in [6.07, 6.45) is 4.99. The summed E-state index contributed by atoms with van der Waals surface area (Å²) in [7, 11) is 0. The van der Waals surface area contributed by atoms with E-state index < -0.39 is 5.60 Å². The molecule has 0 aliphatic heterocycles. The molecule has 2 aromatic rings. The molecule has 0 saturated heterocycles. The highest BCUT2D eigenvalue weighted by atomic mass is 16.4. The van der Waals surface area contributed by atoms with Crippen LogP contribution < -0.4 is 0 Å². The summed E-state index contributed by atoms with van der Waals surface area (Å²) in [5.41, 5.74) is 0.0289. The number of carbonyl (C=O) groups is 1.